The van der Waals surface area contributed by atoms with Crippen molar-refractivity contribution in [1.29, 1.82) is 0 Å². The first-order valence-electron chi connectivity index (χ1n) is 13.7. The van der Waals surface area contributed by atoms with Crippen LogP contribution in [0.4, 0.5) is 0 Å². The molecule has 9 nitrogen and oxygen atoms in total. The summed E-state index contributed by atoms with van der Waals surface area (Å²) in [5, 5.41) is 11.5. The lowest BCUT2D eigenvalue weighted by atomic mass is 9.94. The minimum atomic E-state index is -0.787. The summed E-state index contributed by atoms with van der Waals surface area (Å²) in [7, 11) is 0. The van der Waals surface area contributed by atoms with Gasteiger partial charge in [-0.2, -0.15) is 0 Å². The predicted octanol–water partition coefficient (Wildman–Crippen LogP) is 4.41. The number of benzene rings is 2. The third-order valence-electron chi connectivity index (χ3n) is 7.01. The smallest absolute Gasteiger partial charge is 0.295 e. The molecule has 2 aliphatic rings. The van der Waals surface area contributed by atoms with Gasteiger partial charge in [-0.25, -0.2) is 0 Å². The molecule has 0 radical (unpaired) electrons. The average molecular weight is 539 g/mol. The molecule has 0 aliphatic carbocycles. The van der Waals surface area contributed by atoms with Crippen molar-refractivity contribution < 1.29 is 33.6 Å². The molecule has 2 heterocycles. The van der Waals surface area contributed by atoms with Gasteiger partial charge in [-0.05, 0) is 75.8 Å². The molecule has 1 N–H and O–H groups in total. The number of hydrogen-bond donors (Lipinski definition) is 1. The topological polar surface area (TPSA) is 97.8 Å². The number of Topliss-reactive ketones (excluding diaryl/α,β-unsaturated/α-hetero) is 1. The van der Waals surface area contributed by atoms with Crippen LogP contribution in [0.3, 0.4) is 0 Å². The van der Waals surface area contributed by atoms with Crippen LogP contribution in [-0.4, -0.2) is 79.2 Å². The van der Waals surface area contributed by atoms with E-state index < -0.39 is 17.7 Å². The number of aliphatic hydroxyl groups is 1. The van der Waals surface area contributed by atoms with Crippen LogP contribution >= 0.6 is 0 Å². The van der Waals surface area contributed by atoms with Crippen LogP contribution in [-0.2, 0) is 9.59 Å². The summed E-state index contributed by atoms with van der Waals surface area (Å²) in [4.78, 5) is 30.7. The number of ether oxygens (including phenoxy) is 4. The second kappa shape index (κ2) is 12.9. The SMILES string of the molecule is CCOc1ccc(C2/C(=C(/O)c3ccc4c(c3)OCCO4)C(=O)C(=O)N2CCCN(CC)CC)cc1OCC. The third kappa shape index (κ3) is 5.98. The highest BCUT2D eigenvalue weighted by atomic mass is 16.6. The van der Waals surface area contributed by atoms with Gasteiger partial charge in [0.1, 0.15) is 19.0 Å². The number of carbonyl (C=O) groups is 2. The van der Waals surface area contributed by atoms with Crippen molar-refractivity contribution in [2.75, 3.05) is 52.6 Å². The summed E-state index contributed by atoms with van der Waals surface area (Å²) in [6.07, 6.45) is 0.685. The molecule has 9 heteroatoms. The van der Waals surface area contributed by atoms with Gasteiger partial charge in [0.15, 0.2) is 23.0 Å². The van der Waals surface area contributed by atoms with Crippen molar-refractivity contribution in [3.63, 3.8) is 0 Å². The van der Waals surface area contributed by atoms with Gasteiger partial charge in [0.2, 0.25) is 0 Å². The number of amides is 1. The standard InChI is InChI=1S/C30H38N2O7/c1-5-31(6-2)14-9-15-32-27(20-10-12-22(36-7-3)24(18-20)37-8-4)26(29(34)30(32)35)28(33)21-11-13-23-25(19-21)39-17-16-38-23/h10-13,18-19,27,33H,5-9,14-17H2,1-4H3/b28-26-. The van der Waals surface area contributed by atoms with Crippen LogP contribution in [0.5, 0.6) is 23.0 Å². The van der Waals surface area contributed by atoms with E-state index in [1.54, 1.807) is 35.2 Å². The van der Waals surface area contributed by atoms with Gasteiger partial charge in [0.05, 0.1) is 24.8 Å². The lowest BCUT2D eigenvalue weighted by Crippen LogP contribution is -2.33. The van der Waals surface area contributed by atoms with E-state index in [1.165, 1.54) is 0 Å². The van der Waals surface area contributed by atoms with Crippen molar-refractivity contribution in [2.45, 2.75) is 40.2 Å². The first kappa shape index (κ1) is 28.3. The number of fused-ring (bicyclic) bond motifs is 1. The Hall–Kier alpha value is -3.72. The maximum atomic E-state index is 13.5. The molecule has 1 fully saturated rings. The summed E-state index contributed by atoms with van der Waals surface area (Å²) in [5.41, 5.74) is 1.07. The maximum absolute atomic E-state index is 13.5. The third-order valence-corrected chi connectivity index (χ3v) is 7.01. The summed E-state index contributed by atoms with van der Waals surface area (Å²) < 4.78 is 22.8. The fourth-order valence-electron chi connectivity index (χ4n) is 5.05. The van der Waals surface area contributed by atoms with Crippen molar-refractivity contribution in [1.82, 2.24) is 9.80 Å². The zero-order valence-electron chi connectivity index (χ0n) is 23.2. The fraction of sp³-hybridized carbons (Fsp3) is 0.467. The Morgan fingerprint density at radius 1 is 0.949 bits per heavy atom. The molecule has 1 saturated heterocycles. The molecule has 0 spiro atoms. The lowest BCUT2D eigenvalue weighted by Gasteiger charge is -2.27. The molecule has 2 aliphatic heterocycles. The van der Waals surface area contributed by atoms with E-state index in [2.05, 4.69) is 18.7 Å². The number of likely N-dealkylation sites (tertiary alicyclic amines) is 1. The highest BCUT2D eigenvalue weighted by Gasteiger charge is 2.46. The van der Waals surface area contributed by atoms with Crippen molar-refractivity contribution in [3.8, 4) is 23.0 Å². The van der Waals surface area contributed by atoms with E-state index >= 15 is 0 Å². The molecule has 1 amide bonds. The zero-order chi connectivity index (χ0) is 27.9. The second-order valence-electron chi connectivity index (χ2n) is 9.30. The number of ketones is 1. The van der Waals surface area contributed by atoms with E-state index in [9.17, 15) is 14.7 Å². The van der Waals surface area contributed by atoms with E-state index in [-0.39, 0.29) is 11.3 Å². The summed E-state index contributed by atoms with van der Waals surface area (Å²) in [6.45, 7) is 12.6. The van der Waals surface area contributed by atoms with Crippen LogP contribution in [0.1, 0.15) is 51.3 Å². The Kier molecular flexibility index (Phi) is 9.35. The Bertz CT molecular complexity index is 1220. The van der Waals surface area contributed by atoms with E-state index in [0.717, 1.165) is 19.6 Å². The number of carbonyl (C=O) groups excluding carboxylic acids is 2. The van der Waals surface area contributed by atoms with Crippen LogP contribution in [0.25, 0.3) is 5.76 Å². The lowest BCUT2D eigenvalue weighted by molar-refractivity contribution is -0.140. The van der Waals surface area contributed by atoms with Gasteiger partial charge in [-0.1, -0.05) is 19.9 Å². The van der Waals surface area contributed by atoms with E-state index in [1.807, 2.05) is 19.9 Å². The molecule has 2 aromatic carbocycles. The number of aliphatic hydroxyl groups excluding tert-OH is 1. The quantitative estimate of drug-likeness (QED) is 0.241. The molecule has 0 aromatic heterocycles. The zero-order valence-corrected chi connectivity index (χ0v) is 23.2. The Labute approximate surface area is 229 Å². The van der Waals surface area contributed by atoms with E-state index in [0.29, 0.717) is 73.5 Å². The van der Waals surface area contributed by atoms with Crippen LogP contribution in [0.15, 0.2) is 42.0 Å². The van der Waals surface area contributed by atoms with Crippen LogP contribution < -0.4 is 18.9 Å². The van der Waals surface area contributed by atoms with Crippen molar-refractivity contribution in [3.05, 3.63) is 53.1 Å². The van der Waals surface area contributed by atoms with Gasteiger partial charge in [0, 0.05) is 12.1 Å². The molecule has 39 heavy (non-hydrogen) atoms. The molecule has 210 valence electrons. The van der Waals surface area contributed by atoms with Crippen LogP contribution in [0, 0.1) is 0 Å². The van der Waals surface area contributed by atoms with Crippen molar-refractivity contribution >= 4 is 17.4 Å². The fourth-order valence-corrected chi connectivity index (χ4v) is 5.05. The Morgan fingerprint density at radius 2 is 1.64 bits per heavy atom. The highest BCUT2D eigenvalue weighted by molar-refractivity contribution is 6.46. The molecule has 4 rings (SSSR count). The highest BCUT2D eigenvalue weighted by Crippen LogP contribution is 2.43. The molecule has 1 atom stereocenters. The number of hydrogen-bond acceptors (Lipinski definition) is 8. The normalized spacial score (nSPS) is 18.1. The predicted molar refractivity (Wildman–Crippen MR) is 148 cm³/mol. The molecule has 0 bridgehead atoms. The summed E-state index contributed by atoms with van der Waals surface area (Å²) >= 11 is 0. The van der Waals surface area contributed by atoms with Gasteiger partial charge >= 0.3 is 0 Å². The average Bonchev–Trinajstić information content (AvgIpc) is 3.21. The minimum absolute atomic E-state index is 0.0334. The van der Waals surface area contributed by atoms with Crippen molar-refractivity contribution in [2.24, 2.45) is 0 Å². The van der Waals surface area contributed by atoms with Gasteiger partial charge in [0.25, 0.3) is 11.7 Å². The number of nitrogens with zero attached hydrogens (tertiary/aromatic N) is 2. The van der Waals surface area contributed by atoms with Gasteiger partial charge in [-0.15, -0.1) is 0 Å². The van der Waals surface area contributed by atoms with Crippen LogP contribution in [0.2, 0.25) is 0 Å². The molecule has 1 unspecified atom stereocenters. The Balaban J connectivity index is 1.79. The largest absolute Gasteiger partial charge is 0.507 e. The monoisotopic (exact) mass is 538 g/mol. The van der Waals surface area contributed by atoms with E-state index in [4.69, 9.17) is 18.9 Å². The second-order valence-corrected chi connectivity index (χ2v) is 9.30. The number of rotatable bonds is 12. The maximum Gasteiger partial charge on any atom is 0.295 e. The van der Waals surface area contributed by atoms with Gasteiger partial charge in [-0.3, -0.25) is 9.59 Å². The first-order chi connectivity index (χ1) is 18.9. The Morgan fingerprint density at radius 3 is 2.33 bits per heavy atom. The minimum Gasteiger partial charge on any atom is -0.507 e. The molecular formula is C30H38N2O7. The summed E-state index contributed by atoms with van der Waals surface area (Å²) in [5.74, 6) is 0.536. The molecule has 0 saturated carbocycles. The first-order valence-corrected chi connectivity index (χ1v) is 13.7. The summed E-state index contributed by atoms with van der Waals surface area (Å²) in [6, 6.07) is 9.60. The molecular weight excluding hydrogens is 500 g/mol. The molecule has 2 aromatic rings. The van der Waals surface area contributed by atoms with Gasteiger partial charge < -0.3 is 33.9 Å².